The molecule has 0 saturated heterocycles. The van der Waals surface area contributed by atoms with Crippen molar-refractivity contribution in [3.8, 4) is 11.5 Å². The van der Waals surface area contributed by atoms with Crippen LogP contribution in [0, 0.1) is 0 Å². The molecule has 7 heteroatoms. The Morgan fingerprint density at radius 3 is 2.78 bits per heavy atom. The molecule has 5 nitrogen and oxygen atoms in total. The monoisotopic (exact) mass is 393 g/mol. The molecule has 2 aromatic carbocycles. The molecule has 0 amide bonds. The van der Waals surface area contributed by atoms with Gasteiger partial charge in [0.2, 0.25) is 0 Å². The number of hydrazone groups is 1. The first-order chi connectivity index (χ1) is 11.1. The van der Waals surface area contributed by atoms with E-state index in [2.05, 4.69) is 31.8 Å². The first-order valence-corrected chi connectivity index (χ1v) is 7.97. The molecule has 0 bridgehead atoms. The number of phenolic OH excluding ortho intramolecular Hbond substituents is 1. The zero-order valence-electron chi connectivity index (χ0n) is 12.4. The summed E-state index contributed by atoms with van der Waals surface area (Å²) in [6, 6.07) is 13.3. The van der Waals surface area contributed by atoms with E-state index in [0.717, 1.165) is 11.1 Å². The van der Waals surface area contributed by atoms with Gasteiger partial charge in [0.15, 0.2) is 16.6 Å². The second-order valence-corrected chi connectivity index (χ2v) is 5.85. The molecular formula is C16H16BrN3O2S. The molecular weight excluding hydrogens is 378 g/mol. The van der Waals surface area contributed by atoms with Crippen LogP contribution in [0.15, 0.2) is 52.0 Å². The third-order valence-corrected chi connectivity index (χ3v) is 3.79. The Morgan fingerprint density at radius 2 is 2.09 bits per heavy atom. The van der Waals surface area contributed by atoms with Gasteiger partial charge in [0, 0.05) is 6.54 Å². The summed E-state index contributed by atoms with van der Waals surface area (Å²) in [4.78, 5) is 0. The molecule has 0 fully saturated rings. The molecule has 3 N–H and O–H groups in total. The van der Waals surface area contributed by atoms with Gasteiger partial charge in [-0.05, 0) is 51.4 Å². The van der Waals surface area contributed by atoms with Crippen molar-refractivity contribution in [2.75, 3.05) is 7.11 Å². The molecule has 0 radical (unpaired) electrons. The van der Waals surface area contributed by atoms with Crippen molar-refractivity contribution in [1.82, 2.24) is 10.7 Å². The maximum absolute atomic E-state index is 9.75. The van der Waals surface area contributed by atoms with Crippen LogP contribution in [0.5, 0.6) is 11.5 Å². The van der Waals surface area contributed by atoms with Crippen LogP contribution in [-0.2, 0) is 6.54 Å². The first kappa shape index (κ1) is 17.2. The van der Waals surface area contributed by atoms with Gasteiger partial charge in [-0.3, -0.25) is 5.43 Å². The van der Waals surface area contributed by atoms with Crippen LogP contribution < -0.4 is 15.5 Å². The molecule has 0 aliphatic heterocycles. The van der Waals surface area contributed by atoms with Crippen molar-refractivity contribution >= 4 is 39.5 Å². The van der Waals surface area contributed by atoms with Crippen LogP contribution in [0.4, 0.5) is 0 Å². The molecule has 0 aromatic heterocycles. The van der Waals surface area contributed by atoms with Gasteiger partial charge in [0.05, 0.1) is 17.8 Å². The predicted molar refractivity (Wildman–Crippen MR) is 99.0 cm³/mol. The van der Waals surface area contributed by atoms with Crippen LogP contribution in [0.25, 0.3) is 0 Å². The molecule has 0 atom stereocenters. The number of nitrogens with one attached hydrogen (secondary N) is 2. The Labute approximate surface area is 148 Å². The van der Waals surface area contributed by atoms with E-state index in [0.29, 0.717) is 21.9 Å². The lowest BCUT2D eigenvalue weighted by Crippen LogP contribution is -2.31. The maximum atomic E-state index is 9.75. The summed E-state index contributed by atoms with van der Waals surface area (Å²) in [5, 5.41) is 17.3. The van der Waals surface area contributed by atoms with Gasteiger partial charge in [-0.25, -0.2) is 0 Å². The highest BCUT2D eigenvalue weighted by Crippen LogP contribution is 2.34. The molecule has 0 aliphatic rings. The summed E-state index contributed by atoms with van der Waals surface area (Å²) in [6.07, 6.45) is 1.59. The van der Waals surface area contributed by atoms with Crippen LogP contribution in [-0.4, -0.2) is 23.5 Å². The highest BCUT2D eigenvalue weighted by atomic mass is 79.9. The molecule has 23 heavy (non-hydrogen) atoms. The van der Waals surface area contributed by atoms with E-state index in [1.807, 2.05) is 30.3 Å². The number of phenols is 1. The second kappa shape index (κ2) is 8.50. The standard InChI is InChI=1S/C16H16BrN3O2S/c1-22-14-8-12(7-13(17)15(14)21)10-19-20-16(23)18-9-11-5-3-2-4-6-11/h2-8,10,21H,9H2,1H3,(H2,18,20,23). The Balaban J connectivity index is 1.89. The van der Waals surface area contributed by atoms with E-state index in [-0.39, 0.29) is 5.75 Å². The van der Waals surface area contributed by atoms with Crippen LogP contribution in [0.3, 0.4) is 0 Å². The summed E-state index contributed by atoms with van der Waals surface area (Å²) >= 11 is 8.41. The number of methoxy groups -OCH3 is 1. The van der Waals surface area contributed by atoms with Crippen LogP contribution in [0.2, 0.25) is 0 Å². The number of rotatable bonds is 5. The SMILES string of the molecule is COc1cc(C=NNC(=S)NCc2ccccc2)cc(Br)c1O. The van der Waals surface area contributed by atoms with E-state index < -0.39 is 0 Å². The molecule has 0 saturated carbocycles. The Morgan fingerprint density at radius 1 is 1.35 bits per heavy atom. The fourth-order valence-electron chi connectivity index (χ4n) is 1.81. The molecule has 120 valence electrons. The fraction of sp³-hybridized carbons (Fsp3) is 0.125. The van der Waals surface area contributed by atoms with Gasteiger partial charge in [-0.2, -0.15) is 5.10 Å². The lowest BCUT2D eigenvalue weighted by Gasteiger charge is -2.08. The number of ether oxygens (including phenoxy) is 1. The Hall–Kier alpha value is -2.12. The number of nitrogens with zero attached hydrogens (tertiary/aromatic N) is 1. The number of benzene rings is 2. The topological polar surface area (TPSA) is 65.9 Å². The van der Waals surface area contributed by atoms with E-state index in [1.165, 1.54) is 7.11 Å². The van der Waals surface area contributed by atoms with Crippen molar-refractivity contribution < 1.29 is 9.84 Å². The van der Waals surface area contributed by atoms with E-state index in [9.17, 15) is 5.11 Å². The number of hydrogen-bond donors (Lipinski definition) is 3. The Bertz CT molecular complexity index is 708. The average Bonchev–Trinajstić information content (AvgIpc) is 2.57. The number of halogens is 1. The minimum Gasteiger partial charge on any atom is -0.503 e. The van der Waals surface area contributed by atoms with E-state index >= 15 is 0 Å². The lowest BCUT2D eigenvalue weighted by atomic mass is 10.2. The molecule has 2 aromatic rings. The maximum Gasteiger partial charge on any atom is 0.187 e. The minimum atomic E-state index is 0.0534. The summed E-state index contributed by atoms with van der Waals surface area (Å²) in [6.45, 7) is 0.626. The van der Waals surface area contributed by atoms with Gasteiger partial charge in [0.1, 0.15) is 0 Å². The Kier molecular flexibility index (Phi) is 6.37. The number of hydrogen-bond acceptors (Lipinski definition) is 4. The quantitative estimate of drug-likeness (QED) is 0.413. The van der Waals surface area contributed by atoms with E-state index in [1.54, 1.807) is 18.3 Å². The summed E-state index contributed by atoms with van der Waals surface area (Å²) in [5.74, 6) is 0.420. The third-order valence-electron chi connectivity index (χ3n) is 2.95. The first-order valence-electron chi connectivity index (χ1n) is 6.77. The average molecular weight is 394 g/mol. The number of thiocarbonyl (C=S) groups is 1. The largest absolute Gasteiger partial charge is 0.503 e. The van der Waals surface area contributed by atoms with Gasteiger partial charge in [-0.1, -0.05) is 30.3 Å². The van der Waals surface area contributed by atoms with Crippen LogP contribution >= 0.6 is 28.1 Å². The molecule has 2 rings (SSSR count). The van der Waals surface area contributed by atoms with Gasteiger partial charge in [-0.15, -0.1) is 0 Å². The van der Waals surface area contributed by atoms with Crippen molar-refractivity contribution in [3.63, 3.8) is 0 Å². The van der Waals surface area contributed by atoms with Crippen molar-refractivity contribution in [1.29, 1.82) is 0 Å². The molecule has 0 spiro atoms. The minimum absolute atomic E-state index is 0.0534. The van der Waals surface area contributed by atoms with Crippen molar-refractivity contribution in [2.45, 2.75) is 6.54 Å². The van der Waals surface area contributed by atoms with Crippen LogP contribution in [0.1, 0.15) is 11.1 Å². The summed E-state index contributed by atoms with van der Waals surface area (Å²) in [7, 11) is 1.49. The molecule has 0 aliphatic carbocycles. The highest BCUT2D eigenvalue weighted by Gasteiger charge is 2.07. The lowest BCUT2D eigenvalue weighted by molar-refractivity contribution is 0.372. The highest BCUT2D eigenvalue weighted by molar-refractivity contribution is 9.10. The van der Waals surface area contributed by atoms with Gasteiger partial charge in [0.25, 0.3) is 0 Å². The van der Waals surface area contributed by atoms with E-state index in [4.69, 9.17) is 17.0 Å². The molecule has 0 heterocycles. The third kappa shape index (κ3) is 5.22. The fourth-order valence-corrected chi connectivity index (χ4v) is 2.39. The van der Waals surface area contributed by atoms with Gasteiger partial charge < -0.3 is 15.2 Å². The van der Waals surface area contributed by atoms with Gasteiger partial charge >= 0.3 is 0 Å². The van der Waals surface area contributed by atoms with Crippen molar-refractivity contribution in [3.05, 3.63) is 58.1 Å². The summed E-state index contributed by atoms with van der Waals surface area (Å²) < 4.78 is 5.61. The molecule has 0 unspecified atom stereocenters. The zero-order chi connectivity index (χ0) is 16.7. The predicted octanol–water partition coefficient (Wildman–Crippen LogP) is 3.16. The zero-order valence-corrected chi connectivity index (χ0v) is 14.8. The second-order valence-electron chi connectivity index (χ2n) is 4.59. The number of aromatic hydroxyl groups is 1. The normalized spacial score (nSPS) is 10.5. The smallest absolute Gasteiger partial charge is 0.187 e. The summed E-state index contributed by atoms with van der Waals surface area (Å²) in [5.41, 5.74) is 4.63. The van der Waals surface area contributed by atoms with Crippen molar-refractivity contribution in [2.24, 2.45) is 5.10 Å².